The number of nitrogens with zero attached hydrogens (tertiary/aromatic N) is 5. The van der Waals surface area contributed by atoms with E-state index < -0.39 is 5.91 Å². The number of aromatic nitrogens is 2. The lowest BCUT2D eigenvalue weighted by atomic mass is 10.1. The van der Waals surface area contributed by atoms with Crippen molar-refractivity contribution in [3.63, 3.8) is 0 Å². The molecule has 0 fully saturated rings. The molecule has 1 aliphatic heterocycles. The Kier molecular flexibility index (Phi) is 10.8. The highest BCUT2D eigenvalue weighted by Gasteiger charge is 2.20. The summed E-state index contributed by atoms with van der Waals surface area (Å²) in [6.07, 6.45) is 9.77. The number of hydrazone groups is 1. The number of likely N-dealkylation sites (N-methyl/N-ethyl adjacent to an activating group) is 1. The predicted molar refractivity (Wildman–Crippen MR) is 159 cm³/mol. The van der Waals surface area contributed by atoms with E-state index in [1.165, 1.54) is 19.4 Å². The van der Waals surface area contributed by atoms with Gasteiger partial charge in [0.05, 0.1) is 47.7 Å². The number of halogens is 1. The SMILES string of the molecule is C=CC(=O)Nc1cc(Nc2ncc(Cl)c(/C(C)=C3\C=CC=CN3N=C)n2)c(OC)cc1OC(COC)CN(C)C. The number of carbonyl (C=O) groups is 1. The lowest BCUT2D eigenvalue weighted by Gasteiger charge is -2.24. The van der Waals surface area contributed by atoms with Crippen molar-refractivity contribution in [3.8, 4) is 11.5 Å². The van der Waals surface area contributed by atoms with Crippen molar-refractivity contribution in [2.45, 2.75) is 13.0 Å². The number of benzene rings is 1. The minimum atomic E-state index is -0.404. The Bertz CT molecular complexity index is 1340. The Labute approximate surface area is 239 Å². The van der Waals surface area contributed by atoms with E-state index in [9.17, 15) is 4.79 Å². The summed E-state index contributed by atoms with van der Waals surface area (Å²) in [5.41, 5.74) is 2.92. The van der Waals surface area contributed by atoms with E-state index in [1.54, 1.807) is 30.5 Å². The highest BCUT2D eigenvalue weighted by atomic mass is 35.5. The molecule has 1 aliphatic rings. The first-order valence-corrected chi connectivity index (χ1v) is 12.7. The van der Waals surface area contributed by atoms with Crippen LogP contribution in [0.4, 0.5) is 17.3 Å². The third-order valence-electron chi connectivity index (χ3n) is 5.68. The van der Waals surface area contributed by atoms with Crippen LogP contribution in [0.2, 0.25) is 5.02 Å². The average molecular weight is 568 g/mol. The topological polar surface area (TPSA) is 113 Å². The Morgan fingerprint density at radius 3 is 2.67 bits per heavy atom. The van der Waals surface area contributed by atoms with E-state index in [0.29, 0.717) is 46.7 Å². The van der Waals surface area contributed by atoms with Gasteiger partial charge in [-0.05, 0) is 45.3 Å². The van der Waals surface area contributed by atoms with Crippen molar-refractivity contribution in [1.82, 2.24) is 19.9 Å². The van der Waals surface area contributed by atoms with E-state index in [-0.39, 0.29) is 12.1 Å². The first kappa shape index (κ1) is 30.4. The fourth-order valence-corrected chi connectivity index (χ4v) is 4.12. The maximum Gasteiger partial charge on any atom is 0.247 e. The maximum atomic E-state index is 12.3. The molecule has 1 aromatic carbocycles. The third kappa shape index (κ3) is 7.69. The van der Waals surface area contributed by atoms with Crippen molar-refractivity contribution in [1.29, 1.82) is 0 Å². The summed E-state index contributed by atoms with van der Waals surface area (Å²) in [6.45, 7) is 9.98. The van der Waals surface area contributed by atoms with Crippen LogP contribution in [0.3, 0.4) is 0 Å². The number of carbonyl (C=O) groups excluding carboxylic acids is 1. The lowest BCUT2D eigenvalue weighted by molar-refractivity contribution is -0.111. The highest BCUT2D eigenvalue weighted by Crippen LogP contribution is 2.39. The number of hydrogen-bond donors (Lipinski definition) is 2. The quantitative estimate of drug-likeness (QED) is 0.263. The van der Waals surface area contributed by atoms with Crippen molar-refractivity contribution in [2.24, 2.45) is 5.10 Å². The molecule has 3 rings (SSSR count). The molecule has 0 aliphatic carbocycles. The van der Waals surface area contributed by atoms with E-state index in [1.807, 2.05) is 44.1 Å². The second-order valence-electron chi connectivity index (χ2n) is 8.91. The zero-order valence-electron chi connectivity index (χ0n) is 23.3. The molecule has 11 nitrogen and oxygen atoms in total. The van der Waals surface area contributed by atoms with E-state index in [2.05, 4.69) is 39.0 Å². The van der Waals surface area contributed by atoms with Crippen LogP contribution >= 0.6 is 11.6 Å². The molecule has 12 heteroatoms. The fraction of sp³-hybridized carbons (Fsp3) is 0.286. The zero-order chi connectivity index (χ0) is 29.2. The van der Waals surface area contributed by atoms with Crippen LogP contribution in [0.1, 0.15) is 12.6 Å². The number of nitrogens with one attached hydrogen (secondary N) is 2. The molecular formula is C28H34ClN7O4. The van der Waals surface area contributed by atoms with Gasteiger partial charge in [-0.2, -0.15) is 5.10 Å². The molecule has 0 saturated carbocycles. The van der Waals surface area contributed by atoms with Gasteiger partial charge >= 0.3 is 0 Å². The van der Waals surface area contributed by atoms with E-state index >= 15 is 0 Å². The molecule has 1 aromatic heterocycles. The molecule has 0 bridgehead atoms. The first-order valence-electron chi connectivity index (χ1n) is 12.3. The monoisotopic (exact) mass is 567 g/mol. The van der Waals surface area contributed by atoms with Crippen molar-refractivity contribution in [3.05, 3.63) is 71.8 Å². The van der Waals surface area contributed by atoms with Gasteiger partial charge in [-0.25, -0.2) is 15.0 Å². The van der Waals surface area contributed by atoms with Gasteiger partial charge in [-0.3, -0.25) is 4.79 Å². The third-order valence-corrected chi connectivity index (χ3v) is 5.96. The Balaban J connectivity index is 2.03. The zero-order valence-corrected chi connectivity index (χ0v) is 24.0. The Hall–Kier alpha value is -4.19. The predicted octanol–water partition coefficient (Wildman–Crippen LogP) is 4.69. The summed E-state index contributed by atoms with van der Waals surface area (Å²) < 4.78 is 17.2. The molecule has 1 unspecified atom stereocenters. The van der Waals surface area contributed by atoms with E-state index in [0.717, 1.165) is 11.3 Å². The molecule has 0 spiro atoms. The smallest absolute Gasteiger partial charge is 0.247 e. The molecule has 212 valence electrons. The van der Waals surface area contributed by atoms with Gasteiger partial charge < -0.3 is 29.7 Å². The van der Waals surface area contributed by atoms with Crippen LogP contribution < -0.4 is 20.1 Å². The van der Waals surface area contributed by atoms with Crippen molar-refractivity contribution in [2.75, 3.05) is 52.1 Å². The molecule has 0 saturated heterocycles. The van der Waals surface area contributed by atoms with Crippen LogP contribution in [-0.4, -0.2) is 80.1 Å². The van der Waals surface area contributed by atoms with Gasteiger partial charge in [0, 0.05) is 38.2 Å². The van der Waals surface area contributed by atoms with Gasteiger partial charge in [0.2, 0.25) is 11.9 Å². The number of amides is 1. The van der Waals surface area contributed by atoms with Gasteiger partial charge in [-0.15, -0.1) is 0 Å². The number of rotatable bonds is 13. The summed E-state index contributed by atoms with van der Waals surface area (Å²) in [6, 6.07) is 3.35. The van der Waals surface area contributed by atoms with Gasteiger partial charge in [0.1, 0.15) is 17.6 Å². The first-order chi connectivity index (χ1) is 19.2. The minimum absolute atomic E-state index is 0.255. The number of anilines is 3. The number of methoxy groups -OCH3 is 2. The standard InChI is InChI=1S/C28H34ClN7O4/c1-8-26(37)32-22-13-21(24(39-7)14-25(22)40-19(17-38-6)16-35(4)5)33-28-31-15-20(29)27(34-28)18(2)23-11-9-10-12-36(23)30-3/h8-15,19H,1,3,16-17H2,2,4-7H3,(H,32,37)(H,31,33,34)/b23-18+. The molecular weight excluding hydrogens is 534 g/mol. The molecule has 40 heavy (non-hydrogen) atoms. The summed E-state index contributed by atoms with van der Waals surface area (Å²) in [5.74, 6) is 0.684. The molecule has 2 N–H and O–H groups in total. The number of hydrogen-bond acceptors (Lipinski definition) is 10. The highest BCUT2D eigenvalue weighted by molar-refractivity contribution is 6.32. The molecule has 1 atom stereocenters. The molecule has 2 heterocycles. The van der Waals surface area contributed by atoms with E-state index in [4.69, 9.17) is 25.8 Å². The second-order valence-corrected chi connectivity index (χ2v) is 9.32. The van der Waals surface area contributed by atoms with Crippen LogP contribution in [-0.2, 0) is 9.53 Å². The molecule has 2 aromatic rings. The Morgan fingerprint density at radius 2 is 2.02 bits per heavy atom. The van der Waals surface area contributed by atoms with Crippen LogP contribution in [0, 0.1) is 0 Å². The van der Waals surface area contributed by atoms with Gasteiger partial charge in [-0.1, -0.05) is 24.3 Å². The summed E-state index contributed by atoms with van der Waals surface area (Å²) >= 11 is 6.49. The largest absolute Gasteiger partial charge is 0.494 e. The molecule has 1 amide bonds. The fourth-order valence-electron chi connectivity index (χ4n) is 3.89. The van der Waals surface area contributed by atoms with Crippen molar-refractivity contribution >= 4 is 47.1 Å². The maximum absolute atomic E-state index is 12.3. The number of allylic oxidation sites excluding steroid dienone is 4. The van der Waals surface area contributed by atoms with Crippen LogP contribution in [0.15, 0.2) is 66.2 Å². The second kappa shape index (κ2) is 14.3. The Morgan fingerprint density at radius 1 is 1.25 bits per heavy atom. The normalized spacial score (nSPS) is 14.5. The van der Waals surface area contributed by atoms with Crippen molar-refractivity contribution < 1.29 is 19.0 Å². The summed E-state index contributed by atoms with van der Waals surface area (Å²) in [7, 11) is 7.00. The van der Waals surface area contributed by atoms with Gasteiger partial charge in [0.25, 0.3) is 0 Å². The summed E-state index contributed by atoms with van der Waals surface area (Å²) in [4.78, 5) is 23.2. The van der Waals surface area contributed by atoms with Crippen LogP contribution in [0.5, 0.6) is 11.5 Å². The number of ether oxygens (including phenoxy) is 3. The minimum Gasteiger partial charge on any atom is -0.494 e. The average Bonchev–Trinajstić information content (AvgIpc) is 2.94. The van der Waals surface area contributed by atoms with Crippen LogP contribution in [0.25, 0.3) is 5.57 Å². The lowest BCUT2D eigenvalue weighted by Crippen LogP contribution is -2.34. The summed E-state index contributed by atoms with van der Waals surface area (Å²) in [5, 5.41) is 12.0. The van der Waals surface area contributed by atoms with Gasteiger partial charge in [0.15, 0.2) is 0 Å². The molecule has 0 radical (unpaired) electrons.